The summed E-state index contributed by atoms with van der Waals surface area (Å²) in [5.74, 6) is -0.661. The molecule has 0 radical (unpaired) electrons. The van der Waals surface area contributed by atoms with Crippen LogP contribution in [0.2, 0.25) is 0 Å². The number of methoxy groups -OCH3 is 1. The van der Waals surface area contributed by atoms with Gasteiger partial charge in [-0.3, -0.25) is 4.48 Å². The van der Waals surface area contributed by atoms with Crippen molar-refractivity contribution in [2.24, 2.45) is 0 Å². The Morgan fingerprint density at radius 3 is 2.15 bits per heavy atom. The fraction of sp³-hybridized carbons (Fsp3) is 0.600. The molecule has 26 heavy (non-hydrogen) atoms. The maximum Gasteiger partial charge on any atom is 0.433 e. The highest BCUT2D eigenvalue weighted by Gasteiger charge is 2.49. The molecular formula is C15H19BrF3N5O2. The second kappa shape index (κ2) is 6.71. The van der Waals surface area contributed by atoms with Crippen molar-refractivity contribution in [3.8, 4) is 0 Å². The number of carbonyl (C=O) groups excluding carboxylic acids is 1. The zero-order valence-corrected chi connectivity index (χ0v) is 15.8. The fourth-order valence-electron chi connectivity index (χ4n) is 4.20. The van der Waals surface area contributed by atoms with Crippen molar-refractivity contribution < 1.29 is 44.2 Å². The summed E-state index contributed by atoms with van der Waals surface area (Å²) in [6, 6.07) is 2.00. The molecule has 4 fully saturated rings. The van der Waals surface area contributed by atoms with E-state index in [-0.39, 0.29) is 34.8 Å². The number of ether oxygens (including phenoxy) is 1. The Morgan fingerprint density at radius 2 is 1.69 bits per heavy atom. The van der Waals surface area contributed by atoms with Gasteiger partial charge >= 0.3 is 12.1 Å². The number of quaternary nitrogens is 1. The third kappa shape index (κ3) is 3.46. The van der Waals surface area contributed by atoms with Gasteiger partial charge in [0.05, 0.1) is 32.7 Å². The van der Waals surface area contributed by atoms with Crippen molar-refractivity contribution in [3.05, 3.63) is 29.1 Å². The minimum absolute atomic E-state index is 0. The van der Waals surface area contributed by atoms with Crippen LogP contribution in [0.15, 0.2) is 12.1 Å². The first-order valence-electron chi connectivity index (χ1n) is 7.96. The van der Waals surface area contributed by atoms with E-state index < -0.39 is 17.8 Å². The summed E-state index contributed by atoms with van der Waals surface area (Å²) in [6.45, 7) is 5.10. The van der Waals surface area contributed by atoms with E-state index in [1.165, 1.54) is 13.2 Å². The molecule has 7 nitrogen and oxygen atoms in total. The molecule has 4 aliphatic heterocycles. The van der Waals surface area contributed by atoms with Gasteiger partial charge < -0.3 is 21.7 Å². The van der Waals surface area contributed by atoms with Crippen molar-refractivity contribution in [3.63, 3.8) is 0 Å². The normalized spacial score (nSPS) is 32.2. The van der Waals surface area contributed by atoms with Crippen LogP contribution in [0.3, 0.4) is 0 Å². The third-order valence-electron chi connectivity index (χ3n) is 4.86. The quantitative estimate of drug-likeness (QED) is 0.399. The first kappa shape index (κ1) is 19.5. The maximum atomic E-state index is 13.1. The molecule has 0 aromatic carbocycles. The van der Waals surface area contributed by atoms with Gasteiger partial charge in [0.25, 0.3) is 0 Å². The largest absolute Gasteiger partial charge is 1.00 e. The molecule has 0 unspecified atom stereocenters. The molecule has 5 heterocycles. The first-order chi connectivity index (χ1) is 11.8. The lowest BCUT2D eigenvalue weighted by atomic mass is 10.1. The summed E-state index contributed by atoms with van der Waals surface area (Å²) in [5, 5.41) is 0. The number of alkyl halides is 3. The number of halogens is 4. The topological polar surface area (TPSA) is 48.9 Å². The van der Waals surface area contributed by atoms with Gasteiger partial charge in [-0.25, -0.2) is 24.5 Å². The lowest BCUT2D eigenvalue weighted by Crippen LogP contribution is -3.00. The van der Waals surface area contributed by atoms with Crippen molar-refractivity contribution >= 4 is 5.97 Å². The number of hydrogen-bond acceptors (Lipinski definition) is 6. The molecule has 5 rings (SSSR count). The van der Waals surface area contributed by atoms with Gasteiger partial charge in [0, 0.05) is 0 Å². The van der Waals surface area contributed by atoms with Gasteiger partial charge in [-0.15, -0.1) is 0 Å². The minimum atomic E-state index is -4.55. The zero-order chi connectivity index (χ0) is 17.8. The number of aromatic nitrogens is 1. The van der Waals surface area contributed by atoms with E-state index >= 15 is 0 Å². The van der Waals surface area contributed by atoms with Gasteiger partial charge in [0.15, 0.2) is 0 Å². The van der Waals surface area contributed by atoms with Gasteiger partial charge in [0.1, 0.15) is 37.9 Å². The van der Waals surface area contributed by atoms with E-state index in [1.54, 1.807) is 0 Å². The molecule has 4 bridgehead atoms. The molecule has 1 aromatic heterocycles. The van der Waals surface area contributed by atoms with E-state index in [1.807, 2.05) is 0 Å². The number of pyridine rings is 1. The maximum absolute atomic E-state index is 13.1. The van der Waals surface area contributed by atoms with Gasteiger partial charge in [-0.2, -0.15) is 13.2 Å². The average molecular weight is 438 g/mol. The van der Waals surface area contributed by atoms with Crippen LogP contribution < -0.4 is 17.0 Å². The van der Waals surface area contributed by atoms with Crippen LogP contribution >= 0.6 is 0 Å². The first-order valence-corrected chi connectivity index (χ1v) is 7.96. The number of nitrogens with zero attached hydrogens (tertiary/aromatic N) is 5. The van der Waals surface area contributed by atoms with E-state index in [0.29, 0.717) is 4.48 Å². The zero-order valence-electron chi connectivity index (χ0n) is 14.2. The Hall–Kier alpha value is -1.27. The van der Waals surface area contributed by atoms with Crippen molar-refractivity contribution in [2.45, 2.75) is 12.7 Å². The lowest BCUT2D eigenvalue weighted by Gasteiger charge is -2.60. The van der Waals surface area contributed by atoms with E-state index in [0.717, 1.165) is 46.1 Å². The van der Waals surface area contributed by atoms with E-state index in [4.69, 9.17) is 4.74 Å². The summed E-state index contributed by atoms with van der Waals surface area (Å²) in [6.07, 6.45) is -4.55. The van der Waals surface area contributed by atoms with Gasteiger partial charge in [-0.1, -0.05) is 0 Å². The Bertz CT molecular complexity index is 680. The summed E-state index contributed by atoms with van der Waals surface area (Å²) in [7, 11) is 1.21. The minimum Gasteiger partial charge on any atom is -1.00 e. The summed E-state index contributed by atoms with van der Waals surface area (Å²) < 4.78 is 44.5. The Labute approximate surface area is 159 Å². The number of hydrogen-bond donors (Lipinski definition) is 0. The summed E-state index contributed by atoms with van der Waals surface area (Å²) >= 11 is 0. The fourth-order valence-corrected chi connectivity index (χ4v) is 4.20. The van der Waals surface area contributed by atoms with Crippen LogP contribution in [0.1, 0.15) is 21.7 Å². The molecule has 1 aromatic rings. The molecule has 0 atom stereocenters. The molecule has 4 aliphatic rings. The Kier molecular flexibility index (Phi) is 5.03. The van der Waals surface area contributed by atoms with Crippen LogP contribution in [0, 0.1) is 0 Å². The highest BCUT2D eigenvalue weighted by atomic mass is 79.9. The second-order valence-electron chi connectivity index (χ2n) is 7.04. The van der Waals surface area contributed by atoms with Gasteiger partial charge in [-0.05, 0) is 12.1 Å². The second-order valence-corrected chi connectivity index (χ2v) is 7.04. The Morgan fingerprint density at radius 1 is 1.15 bits per heavy atom. The number of esters is 1. The molecule has 0 aliphatic carbocycles. The monoisotopic (exact) mass is 437 g/mol. The van der Waals surface area contributed by atoms with E-state index in [2.05, 4.69) is 19.7 Å². The van der Waals surface area contributed by atoms with Crippen LogP contribution in [0.4, 0.5) is 13.2 Å². The van der Waals surface area contributed by atoms with Crippen LogP contribution in [-0.2, 0) is 17.5 Å². The Balaban J connectivity index is 0.00000196. The molecule has 0 amide bonds. The predicted molar refractivity (Wildman–Crippen MR) is 79.3 cm³/mol. The summed E-state index contributed by atoms with van der Waals surface area (Å²) in [5.41, 5.74) is -0.735. The molecule has 144 valence electrons. The molecule has 11 heteroatoms. The van der Waals surface area contributed by atoms with Crippen LogP contribution in [0.5, 0.6) is 0 Å². The summed E-state index contributed by atoms with van der Waals surface area (Å²) in [4.78, 5) is 22.5. The molecule has 4 saturated heterocycles. The van der Waals surface area contributed by atoms with Crippen molar-refractivity contribution in [1.29, 1.82) is 0 Å². The smallest absolute Gasteiger partial charge is 0.433 e. The van der Waals surface area contributed by atoms with Gasteiger partial charge in [0.2, 0.25) is 0 Å². The highest BCUT2D eigenvalue weighted by molar-refractivity contribution is 5.90. The highest BCUT2D eigenvalue weighted by Crippen LogP contribution is 2.33. The molecular weight excluding hydrogens is 419 g/mol. The molecule has 0 spiro atoms. The van der Waals surface area contributed by atoms with Crippen molar-refractivity contribution in [1.82, 2.24) is 19.7 Å². The third-order valence-corrected chi connectivity index (χ3v) is 4.86. The number of rotatable bonds is 3. The van der Waals surface area contributed by atoms with E-state index in [9.17, 15) is 18.0 Å². The SMILES string of the molecule is COC(=O)c1ccc(C(F)(F)F)nc1C[N+]12CN3CN(CN(C3)C1)C2.[Br-]. The predicted octanol–water partition coefficient (Wildman–Crippen LogP) is -2.10. The van der Waals surface area contributed by atoms with Crippen LogP contribution in [0.25, 0.3) is 0 Å². The van der Waals surface area contributed by atoms with Crippen molar-refractivity contribution in [2.75, 3.05) is 47.1 Å². The average Bonchev–Trinajstić information content (AvgIpc) is 2.51. The molecule has 0 saturated carbocycles. The molecule has 0 N–H and O–H groups in total. The lowest BCUT2D eigenvalue weighted by molar-refractivity contribution is -0.991. The standard InChI is InChI=1S/C15H19F3N5O2.BrH/c1-25-14(24)11-2-3-13(15(16,17)18)19-12(11)4-23-8-20-5-21(9-23)7-22(6-20)10-23;/h2-3H,4-10H2,1H3;1H/q+1;/p-1. The number of carbonyl (C=O) groups is 1. The van der Waals surface area contributed by atoms with Crippen LogP contribution in [-0.4, -0.2) is 77.3 Å².